The molecular weight excluding hydrogens is 865 g/mol. The Morgan fingerprint density at radius 1 is 0.586 bits per heavy atom. The quantitative estimate of drug-likeness (QED) is 0.0566. The number of carbonyl (C=O) groups is 1. The lowest BCUT2D eigenvalue weighted by Crippen LogP contribution is -1.99. The van der Waals surface area contributed by atoms with Gasteiger partial charge in [-0.3, -0.25) is 24.7 Å². The predicted octanol–water partition coefficient (Wildman–Crippen LogP) is 6.72. The van der Waals surface area contributed by atoms with Crippen molar-refractivity contribution >= 4 is 35.0 Å². The highest BCUT2D eigenvalue weighted by molar-refractivity contribution is 14.1. The molecule has 0 bridgehead atoms. The van der Waals surface area contributed by atoms with Crippen LogP contribution in [0.5, 0.6) is 28.7 Å². The largest absolute Gasteiger partial charge is 0.505 e. The van der Waals surface area contributed by atoms with Gasteiger partial charge in [0.25, 0.3) is 0 Å². The lowest BCUT2D eigenvalue weighted by atomic mass is 10.3. The van der Waals surface area contributed by atoms with Gasteiger partial charge in [0.15, 0.2) is 33.5 Å². The molecule has 5 aromatic heterocycles. The molecule has 0 spiro atoms. The summed E-state index contributed by atoms with van der Waals surface area (Å²) in [5.41, 5.74) is 3.93. The summed E-state index contributed by atoms with van der Waals surface area (Å²) in [6.07, 6.45) is 12.1. The van der Waals surface area contributed by atoms with Crippen LogP contribution in [-0.4, -0.2) is 97.0 Å². The number of pyridine rings is 5. The van der Waals surface area contributed by atoms with E-state index in [0.29, 0.717) is 34.9 Å². The molecule has 16 nitrogen and oxygen atoms in total. The van der Waals surface area contributed by atoms with Gasteiger partial charge >= 0.3 is 0 Å². The van der Waals surface area contributed by atoms with Crippen LogP contribution < -0.4 is 18.9 Å². The maximum atomic E-state index is 10.2. The average Bonchev–Trinajstić information content (AvgIpc) is 3.28. The van der Waals surface area contributed by atoms with Crippen molar-refractivity contribution in [2.45, 2.75) is 33.3 Å². The van der Waals surface area contributed by atoms with Crippen molar-refractivity contribution in [3.63, 3.8) is 0 Å². The number of carbonyl (C=O) groups excluding carboxylic acids is 1. The molecule has 314 valence electrons. The van der Waals surface area contributed by atoms with E-state index in [1.165, 1.54) is 19.5 Å². The van der Waals surface area contributed by atoms with Crippen LogP contribution in [0.25, 0.3) is 6.08 Å². The van der Waals surface area contributed by atoms with Gasteiger partial charge in [-0.25, -0.2) is 4.98 Å². The third kappa shape index (κ3) is 23.0. The molecular formula is C41H52IN5O11. The summed E-state index contributed by atoms with van der Waals surface area (Å²) in [6, 6.07) is 16.1. The van der Waals surface area contributed by atoms with Crippen molar-refractivity contribution in [1.82, 2.24) is 24.9 Å². The van der Waals surface area contributed by atoms with Crippen LogP contribution in [0.3, 0.4) is 0 Å². The van der Waals surface area contributed by atoms with Gasteiger partial charge in [-0.05, 0) is 96.1 Å². The number of halogens is 1. The molecule has 0 saturated heterocycles. The maximum Gasteiger partial charge on any atom is 0.188 e. The van der Waals surface area contributed by atoms with Gasteiger partial charge in [0.1, 0.15) is 34.4 Å². The number of aryl methyl sites for hydroxylation is 2. The Morgan fingerprint density at radius 2 is 0.983 bits per heavy atom. The topological polar surface area (TPSA) is 196 Å². The van der Waals surface area contributed by atoms with Gasteiger partial charge in [-0.2, -0.15) is 0 Å². The van der Waals surface area contributed by atoms with Gasteiger partial charge in [0.05, 0.1) is 52.5 Å². The molecule has 5 heterocycles. The molecule has 5 aromatic rings. The summed E-state index contributed by atoms with van der Waals surface area (Å²) >= 11 is 2.08. The Labute approximate surface area is 353 Å². The van der Waals surface area contributed by atoms with Crippen LogP contribution in [-0.2, 0) is 38.4 Å². The fraction of sp³-hybridized carbons (Fsp3) is 0.317. The first-order valence-electron chi connectivity index (χ1n) is 17.5. The fourth-order valence-electron chi connectivity index (χ4n) is 3.60. The number of aromatic hydroxyl groups is 1. The summed E-state index contributed by atoms with van der Waals surface area (Å²) < 4.78 is 40.2. The lowest BCUT2D eigenvalue weighted by molar-refractivity contribution is 0.0506. The third-order valence-electron chi connectivity index (χ3n) is 6.59. The second-order valence-electron chi connectivity index (χ2n) is 10.8. The third-order valence-corrected chi connectivity index (χ3v) is 7.46. The summed E-state index contributed by atoms with van der Waals surface area (Å²) in [7, 11) is 6.25. The van der Waals surface area contributed by atoms with Crippen molar-refractivity contribution in [3.05, 3.63) is 124 Å². The number of ether oxygens (including phenoxy) is 8. The minimum atomic E-state index is -0.0510. The summed E-state index contributed by atoms with van der Waals surface area (Å²) in [5.74, 6) is 2.92. The Kier molecular flexibility index (Phi) is 28.6. The predicted molar refractivity (Wildman–Crippen MR) is 226 cm³/mol. The first-order chi connectivity index (χ1) is 28.2. The van der Waals surface area contributed by atoms with Crippen LogP contribution in [0.1, 0.15) is 47.1 Å². The van der Waals surface area contributed by atoms with Gasteiger partial charge in [0, 0.05) is 39.8 Å². The van der Waals surface area contributed by atoms with Crippen LogP contribution in [0.15, 0.2) is 92.2 Å². The van der Waals surface area contributed by atoms with Crippen LogP contribution in [0, 0.1) is 3.57 Å². The van der Waals surface area contributed by atoms with Gasteiger partial charge in [0.2, 0.25) is 0 Å². The molecule has 58 heavy (non-hydrogen) atoms. The minimum absolute atomic E-state index is 0.0510. The number of hydrogen-bond donors (Lipinski definition) is 2. The molecule has 2 N–H and O–H groups in total. The summed E-state index contributed by atoms with van der Waals surface area (Å²) in [6.45, 7) is 8.56. The maximum absolute atomic E-state index is 10.2. The molecule has 0 unspecified atom stereocenters. The van der Waals surface area contributed by atoms with Gasteiger partial charge in [-0.15, -0.1) is 0 Å². The van der Waals surface area contributed by atoms with Crippen molar-refractivity contribution in [3.8, 4) is 28.7 Å². The van der Waals surface area contributed by atoms with Crippen LogP contribution in [0.4, 0.5) is 0 Å². The van der Waals surface area contributed by atoms with Crippen LogP contribution in [0.2, 0.25) is 0 Å². The number of hydrogen-bond acceptors (Lipinski definition) is 16. The number of methoxy groups -OCH3 is 4. The molecule has 0 aromatic carbocycles. The van der Waals surface area contributed by atoms with E-state index in [9.17, 15) is 4.79 Å². The molecule has 0 fully saturated rings. The molecule has 17 heteroatoms. The molecule has 5 rings (SSSR count). The van der Waals surface area contributed by atoms with Crippen molar-refractivity contribution in [2.75, 3.05) is 55.6 Å². The fourth-order valence-corrected chi connectivity index (χ4v) is 4.10. The highest BCUT2D eigenvalue weighted by Crippen LogP contribution is 2.18. The van der Waals surface area contributed by atoms with Crippen LogP contribution >= 0.6 is 22.6 Å². The van der Waals surface area contributed by atoms with E-state index in [4.69, 9.17) is 43.4 Å². The zero-order valence-corrected chi connectivity index (χ0v) is 35.7. The molecule has 0 saturated carbocycles. The van der Waals surface area contributed by atoms with E-state index in [-0.39, 0.29) is 39.5 Å². The highest BCUT2D eigenvalue weighted by atomic mass is 127. The number of aliphatic hydroxyl groups is 1. The first-order valence-corrected chi connectivity index (χ1v) is 18.6. The first kappa shape index (κ1) is 50.7. The molecule has 0 aliphatic carbocycles. The summed E-state index contributed by atoms with van der Waals surface area (Å²) in [5, 5.41) is 17.7. The number of nitrogens with zero attached hydrogens (tertiary/aromatic N) is 5. The number of aliphatic hydroxyl groups excluding tert-OH is 1. The normalized spacial score (nSPS) is 9.66. The molecule has 0 amide bonds. The number of aromatic nitrogens is 5. The molecule has 0 aliphatic heterocycles. The zero-order chi connectivity index (χ0) is 42.8. The summed E-state index contributed by atoms with van der Waals surface area (Å²) in [4.78, 5) is 30.1. The second-order valence-corrected chi connectivity index (χ2v) is 12.0. The van der Waals surface area contributed by atoms with Crippen molar-refractivity contribution < 1.29 is 52.9 Å². The van der Waals surface area contributed by atoms with E-state index in [0.717, 1.165) is 39.2 Å². The van der Waals surface area contributed by atoms with E-state index in [2.05, 4.69) is 65.8 Å². The number of rotatable bonds is 17. The SMILES string of the molecule is C=Cc1ccc(OCOC)cn1.CCc1cc(I)c(O)cn1.CCc1ccc(OCOC)cn1.COCOc1ccc(C=O)nc1.COCOc1ccc(CO)nc1. The average molecular weight is 918 g/mol. The smallest absolute Gasteiger partial charge is 0.188 e. The number of aldehydes is 1. The van der Waals surface area contributed by atoms with Crippen molar-refractivity contribution in [2.24, 2.45) is 0 Å². The minimum Gasteiger partial charge on any atom is -0.505 e. The Hall–Kier alpha value is -5.31. The zero-order valence-electron chi connectivity index (χ0n) is 33.6. The molecule has 0 aliphatic rings. The van der Waals surface area contributed by atoms with E-state index >= 15 is 0 Å². The van der Waals surface area contributed by atoms with E-state index < -0.39 is 0 Å². The standard InChI is InChI=1S/C9H13NO2.C9H11NO2.C8H11NO3.C8H9NO3.C7H8INO/c2*1-3-8-4-5-9(6-10-8)12-7-11-2;2*1-11-6-12-8-3-2-7(5-10)9-4-8;1-2-5-3-6(8)7(10)4-9-5/h4-6H,3,7H2,1-2H3;3-6H,1,7H2,2H3;2-4,10H,5-6H2,1H3;2-5H,6H2,1H3;3-4,10H,2H2,1H3. The lowest BCUT2D eigenvalue weighted by Gasteiger charge is -2.03. The van der Waals surface area contributed by atoms with Crippen molar-refractivity contribution in [1.29, 1.82) is 0 Å². The molecule has 0 radical (unpaired) electrons. The van der Waals surface area contributed by atoms with E-state index in [1.54, 1.807) is 70.3 Å². The highest BCUT2D eigenvalue weighted by Gasteiger charge is 1.99. The van der Waals surface area contributed by atoms with Gasteiger partial charge in [-0.1, -0.05) is 20.4 Å². The Morgan fingerprint density at radius 3 is 1.29 bits per heavy atom. The van der Waals surface area contributed by atoms with Gasteiger partial charge < -0.3 is 48.1 Å². The Bertz CT molecular complexity index is 1680. The van der Waals surface area contributed by atoms with E-state index in [1.807, 2.05) is 37.3 Å². The molecule has 0 atom stereocenters. The Balaban J connectivity index is 0.000000363. The monoisotopic (exact) mass is 917 g/mol. The second kappa shape index (κ2) is 32.7.